The normalized spacial score (nSPS) is 16.4. The van der Waals surface area contributed by atoms with E-state index in [1.54, 1.807) is 0 Å². The molecule has 150 valence electrons. The Morgan fingerprint density at radius 3 is 1.45 bits per heavy atom. The standard InChI is InChI=1S/C25H16NO4P/c26-31-29-21-13-5-11-19-23(21)25(15-7-1-3-9-17(15)27-19)16-8-2-4-10-18(16)28-20-12-6-14-22(30-31)24(20)25/h1-14H,26H2. The first-order chi connectivity index (χ1) is 15.3. The van der Waals surface area contributed by atoms with Crippen molar-refractivity contribution in [3.8, 4) is 34.5 Å². The monoisotopic (exact) mass is 425 g/mol. The van der Waals surface area contributed by atoms with Gasteiger partial charge in [-0.2, -0.15) is 0 Å². The number of para-hydroxylation sites is 2. The van der Waals surface area contributed by atoms with Crippen molar-refractivity contribution in [1.82, 2.24) is 0 Å². The van der Waals surface area contributed by atoms with Crippen LogP contribution >= 0.6 is 8.53 Å². The van der Waals surface area contributed by atoms with Gasteiger partial charge < -0.3 is 18.5 Å². The Kier molecular flexibility index (Phi) is 3.33. The highest BCUT2D eigenvalue weighted by atomic mass is 31.2. The smallest absolute Gasteiger partial charge is 0.378 e. The Hall–Kier alpha value is -3.53. The summed E-state index contributed by atoms with van der Waals surface area (Å²) in [6.07, 6.45) is 0. The molecule has 5 nitrogen and oxygen atoms in total. The van der Waals surface area contributed by atoms with Crippen molar-refractivity contribution in [3.05, 3.63) is 107 Å². The van der Waals surface area contributed by atoms with Crippen molar-refractivity contribution in [2.75, 3.05) is 0 Å². The fraction of sp³-hybridized carbons (Fsp3) is 0.0400. The molecular formula is C25H16NO4P. The fourth-order valence-corrected chi connectivity index (χ4v) is 5.80. The zero-order chi connectivity index (χ0) is 20.6. The van der Waals surface area contributed by atoms with Crippen LogP contribution in [0.5, 0.6) is 34.5 Å². The Balaban J connectivity index is 1.76. The lowest BCUT2D eigenvalue weighted by molar-refractivity contribution is 0.375. The van der Waals surface area contributed by atoms with E-state index in [2.05, 4.69) is 12.1 Å². The van der Waals surface area contributed by atoms with Gasteiger partial charge in [-0.1, -0.05) is 48.5 Å². The van der Waals surface area contributed by atoms with Crippen molar-refractivity contribution in [2.24, 2.45) is 5.50 Å². The van der Waals surface area contributed by atoms with E-state index >= 15 is 0 Å². The van der Waals surface area contributed by atoms with E-state index in [-0.39, 0.29) is 0 Å². The van der Waals surface area contributed by atoms with E-state index in [1.165, 1.54) is 0 Å². The number of hydrogen-bond donors (Lipinski definition) is 1. The lowest BCUT2D eigenvalue weighted by atomic mass is 9.62. The van der Waals surface area contributed by atoms with Crippen molar-refractivity contribution in [2.45, 2.75) is 5.41 Å². The second-order valence-corrected chi connectivity index (χ2v) is 8.61. The molecule has 0 aliphatic carbocycles. The van der Waals surface area contributed by atoms with Gasteiger partial charge in [0.15, 0.2) is 0 Å². The van der Waals surface area contributed by atoms with Crippen LogP contribution < -0.4 is 24.0 Å². The Morgan fingerprint density at radius 2 is 0.935 bits per heavy atom. The maximum absolute atomic E-state index is 6.38. The summed E-state index contributed by atoms with van der Waals surface area (Å²) in [6, 6.07) is 27.9. The molecule has 0 unspecified atom stereocenters. The van der Waals surface area contributed by atoms with Gasteiger partial charge in [-0.25, -0.2) is 5.50 Å². The number of fused-ring (bicyclic) bond motifs is 2. The summed E-state index contributed by atoms with van der Waals surface area (Å²) in [6.45, 7) is 0. The number of hydrogen-bond acceptors (Lipinski definition) is 5. The van der Waals surface area contributed by atoms with E-state index < -0.39 is 13.9 Å². The van der Waals surface area contributed by atoms with Crippen LogP contribution in [0.25, 0.3) is 0 Å². The van der Waals surface area contributed by atoms with Crippen LogP contribution in [-0.4, -0.2) is 0 Å². The molecular weight excluding hydrogens is 409 g/mol. The van der Waals surface area contributed by atoms with Crippen LogP contribution in [0.1, 0.15) is 22.3 Å². The molecule has 0 aromatic heterocycles. The quantitative estimate of drug-likeness (QED) is 0.292. The van der Waals surface area contributed by atoms with Gasteiger partial charge >= 0.3 is 8.53 Å². The van der Waals surface area contributed by atoms with Crippen LogP contribution in [0.3, 0.4) is 0 Å². The summed E-state index contributed by atoms with van der Waals surface area (Å²) in [5.74, 6) is 4.36. The molecule has 3 heterocycles. The summed E-state index contributed by atoms with van der Waals surface area (Å²) in [5, 5.41) is 0. The topological polar surface area (TPSA) is 62.9 Å². The zero-order valence-corrected chi connectivity index (χ0v) is 17.1. The van der Waals surface area contributed by atoms with Crippen LogP contribution in [0.4, 0.5) is 0 Å². The van der Waals surface area contributed by atoms with E-state index in [9.17, 15) is 0 Å². The molecule has 31 heavy (non-hydrogen) atoms. The van der Waals surface area contributed by atoms with Gasteiger partial charge in [0, 0.05) is 11.1 Å². The van der Waals surface area contributed by atoms with Crippen molar-refractivity contribution < 1.29 is 18.5 Å². The largest absolute Gasteiger partial charge is 0.457 e. The summed E-state index contributed by atoms with van der Waals surface area (Å²) >= 11 is 0. The van der Waals surface area contributed by atoms with Gasteiger partial charge in [0.2, 0.25) is 0 Å². The van der Waals surface area contributed by atoms with Crippen LogP contribution in [0.15, 0.2) is 84.9 Å². The number of benzene rings is 4. The predicted octanol–water partition coefficient (Wildman–Crippen LogP) is 6.24. The summed E-state index contributed by atoms with van der Waals surface area (Å²) in [5.41, 5.74) is 9.38. The Labute approximate surface area is 179 Å². The Morgan fingerprint density at radius 1 is 0.516 bits per heavy atom. The van der Waals surface area contributed by atoms with E-state index in [4.69, 9.17) is 24.0 Å². The van der Waals surface area contributed by atoms with Crippen molar-refractivity contribution in [3.63, 3.8) is 0 Å². The van der Waals surface area contributed by atoms with Gasteiger partial charge in [-0.3, -0.25) is 0 Å². The predicted molar refractivity (Wildman–Crippen MR) is 117 cm³/mol. The van der Waals surface area contributed by atoms with Crippen LogP contribution in [0, 0.1) is 0 Å². The van der Waals surface area contributed by atoms with E-state index in [0.29, 0.717) is 11.5 Å². The number of ether oxygens (including phenoxy) is 2. The molecule has 0 atom stereocenters. The van der Waals surface area contributed by atoms with Gasteiger partial charge in [0.05, 0.1) is 16.5 Å². The minimum atomic E-state index is -1.68. The molecule has 4 aromatic carbocycles. The highest BCUT2D eigenvalue weighted by Crippen LogP contribution is 2.66. The van der Waals surface area contributed by atoms with Gasteiger partial charge in [0.25, 0.3) is 0 Å². The van der Waals surface area contributed by atoms with E-state index in [1.807, 2.05) is 72.8 Å². The highest BCUT2D eigenvalue weighted by molar-refractivity contribution is 7.45. The maximum atomic E-state index is 6.38. The Bertz CT molecular complexity index is 1280. The second-order valence-electron chi connectivity index (χ2n) is 7.67. The summed E-state index contributed by atoms with van der Waals surface area (Å²) in [7, 11) is -1.68. The third kappa shape index (κ3) is 2.12. The third-order valence-electron chi connectivity index (χ3n) is 6.12. The first kappa shape index (κ1) is 17.2. The molecule has 0 bridgehead atoms. The molecule has 3 aliphatic rings. The molecule has 7 rings (SSSR count). The average Bonchev–Trinajstić information content (AvgIpc) is 2.78. The van der Waals surface area contributed by atoms with Gasteiger partial charge in [-0.15, -0.1) is 0 Å². The molecule has 2 N–H and O–H groups in total. The zero-order valence-electron chi connectivity index (χ0n) is 16.2. The molecule has 0 saturated heterocycles. The molecule has 3 aliphatic heterocycles. The molecule has 0 radical (unpaired) electrons. The minimum absolute atomic E-state index is 0.651. The number of nitrogens with two attached hydrogens (primary N) is 1. The van der Waals surface area contributed by atoms with Crippen molar-refractivity contribution in [1.29, 1.82) is 0 Å². The molecule has 0 fully saturated rings. The first-order valence-electron chi connectivity index (χ1n) is 9.99. The highest BCUT2D eigenvalue weighted by Gasteiger charge is 2.54. The maximum Gasteiger partial charge on any atom is 0.378 e. The lowest BCUT2D eigenvalue weighted by Gasteiger charge is -2.46. The number of rotatable bonds is 0. The van der Waals surface area contributed by atoms with Crippen molar-refractivity contribution >= 4 is 8.53 Å². The van der Waals surface area contributed by atoms with Gasteiger partial charge in [-0.05, 0) is 36.4 Å². The minimum Gasteiger partial charge on any atom is -0.457 e. The summed E-state index contributed by atoms with van der Waals surface area (Å²) in [4.78, 5) is 0. The van der Waals surface area contributed by atoms with Crippen LogP contribution in [-0.2, 0) is 5.41 Å². The van der Waals surface area contributed by atoms with Gasteiger partial charge in [0.1, 0.15) is 34.5 Å². The molecule has 1 spiro atoms. The molecule has 4 aromatic rings. The fourth-order valence-electron chi connectivity index (χ4n) is 5.07. The molecule has 0 amide bonds. The van der Waals surface area contributed by atoms with E-state index in [0.717, 1.165) is 45.3 Å². The molecule has 6 heteroatoms. The second kappa shape index (κ2) is 6.01. The summed E-state index contributed by atoms with van der Waals surface area (Å²) < 4.78 is 25.1. The lowest BCUT2D eigenvalue weighted by Crippen LogP contribution is -2.38. The SMILES string of the molecule is NP1Oc2cccc3c2C2(c4ccccc4O3)c3ccccc3Oc3cccc(c32)O1. The molecule has 0 saturated carbocycles. The third-order valence-corrected chi connectivity index (χ3v) is 6.88. The first-order valence-corrected chi connectivity index (χ1v) is 11.2. The average molecular weight is 425 g/mol. The van der Waals surface area contributed by atoms with Crippen LogP contribution in [0.2, 0.25) is 0 Å².